The lowest BCUT2D eigenvalue weighted by molar-refractivity contribution is 0.566. The molecule has 3 rings (SSSR count). The van der Waals surface area contributed by atoms with Crippen LogP contribution < -0.4 is 14.8 Å². The number of anilines is 1. The van der Waals surface area contributed by atoms with Crippen LogP contribution >= 0.6 is 0 Å². The van der Waals surface area contributed by atoms with Gasteiger partial charge >= 0.3 is 0 Å². The summed E-state index contributed by atoms with van der Waals surface area (Å²) in [4.78, 5) is 0. The van der Waals surface area contributed by atoms with E-state index in [-0.39, 0.29) is 6.04 Å². The average Bonchev–Trinajstić information content (AvgIpc) is 3.22. The minimum atomic E-state index is -3.33. The van der Waals surface area contributed by atoms with Crippen LogP contribution in [-0.2, 0) is 23.1 Å². The van der Waals surface area contributed by atoms with Gasteiger partial charge in [0.25, 0.3) is 10.2 Å². The molecule has 0 spiro atoms. The predicted molar refractivity (Wildman–Crippen MR) is 80.0 cm³/mol. The molecule has 1 aliphatic carbocycles. The summed E-state index contributed by atoms with van der Waals surface area (Å²) in [5.74, 6) is 0. The van der Waals surface area contributed by atoms with Crippen molar-refractivity contribution < 1.29 is 8.42 Å². The van der Waals surface area contributed by atoms with E-state index in [1.807, 2.05) is 0 Å². The van der Waals surface area contributed by atoms with Crippen LogP contribution in [0.2, 0.25) is 0 Å². The van der Waals surface area contributed by atoms with Crippen LogP contribution in [0.1, 0.15) is 30.4 Å². The molecule has 0 radical (unpaired) electrons. The van der Waals surface area contributed by atoms with Crippen molar-refractivity contribution in [2.24, 2.45) is 0 Å². The zero-order valence-electron chi connectivity index (χ0n) is 11.5. The van der Waals surface area contributed by atoms with Gasteiger partial charge < -0.3 is 5.32 Å². The van der Waals surface area contributed by atoms with Gasteiger partial charge in [-0.25, -0.2) is 4.72 Å². The van der Waals surface area contributed by atoms with Gasteiger partial charge in [-0.15, -0.1) is 0 Å². The summed E-state index contributed by atoms with van der Waals surface area (Å²) >= 11 is 0. The molecule has 6 heteroatoms. The van der Waals surface area contributed by atoms with Crippen LogP contribution in [0.3, 0.4) is 0 Å². The molecule has 0 bridgehead atoms. The first kappa shape index (κ1) is 13.9. The second-order valence-corrected chi connectivity index (χ2v) is 7.05. The Bertz CT molecular complexity index is 582. The number of nitrogens with one attached hydrogen (secondary N) is 3. The van der Waals surface area contributed by atoms with E-state index in [4.69, 9.17) is 0 Å². The Hall–Kier alpha value is -1.11. The highest BCUT2D eigenvalue weighted by molar-refractivity contribution is 7.87. The zero-order chi connectivity index (χ0) is 14.0. The molecule has 1 saturated carbocycles. The summed E-state index contributed by atoms with van der Waals surface area (Å²) in [6.07, 6.45) is 4.88. The molecular formula is C14H21N3O2S. The second kappa shape index (κ2) is 5.71. The van der Waals surface area contributed by atoms with Gasteiger partial charge in [-0.05, 0) is 43.2 Å². The van der Waals surface area contributed by atoms with Crippen molar-refractivity contribution in [1.29, 1.82) is 0 Å². The fourth-order valence-electron chi connectivity index (χ4n) is 2.57. The summed E-state index contributed by atoms with van der Waals surface area (Å²) in [5, 5.41) is 3.43. The monoisotopic (exact) mass is 295 g/mol. The number of benzene rings is 1. The van der Waals surface area contributed by atoms with E-state index in [0.29, 0.717) is 13.0 Å². The quantitative estimate of drug-likeness (QED) is 0.738. The minimum Gasteiger partial charge on any atom is -0.385 e. The van der Waals surface area contributed by atoms with Crippen LogP contribution in [-0.4, -0.2) is 27.5 Å². The number of rotatable bonds is 6. The average molecular weight is 295 g/mol. The molecule has 1 aliphatic heterocycles. The summed E-state index contributed by atoms with van der Waals surface area (Å²) in [7, 11) is -3.33. The van der Waals surface area contributed by atoms with Gasteiger partial charge in [0.1, 0.15) is 0 Å². The van der Waals surface area contributed by atoms with Crippen molar-refractivity contribution in [3.05, 3.63) is 29.3 Å². The lowest BCUT2D eigenvalue weighted by atomic mass is 9.98. The maximum absolute atomic E-state index is 11.7. The van der Waals surface area contributed by atoms with Crippen molar-refractivity contribution in [3.8, 4) is 0 Å². The van der Waals surface area contributed by atoms with Gasteiger partial charge in [0.05, 0.1) is 0 Å². The number of fused-ring (bicyclic) bond motifs is 1. The largest absolute Gasteiger partial charge is 0.385 e. The molecule has 0 amide bonds. The number of hydrogen-bond acceptors (Lipinski definition) is 3. The fourth-order valence-corrected chi connectivity index (χ4v) is 3.70. The molecule has 0 saturated heterocycles. The van der Waals surface area contributed by atoms with Gasteiger partial charge in [0.15, 0.2) is 0 Å². The zero-order valence-corrected chi connectivity index (χ0v) is 12.3. The maximum Gasteiger partial charge on any atom is 0.277 e. The van der Waals surface area contributed by atoms with E-state index < -0.39 is 10.2 Å². The molecule has 1 aromatic carbocycles. The highest BCUT2D eigenvalue weighted by Gasteiger charge is 2.26. The van der Waals surface area contributed by atoms with E-state index in [9.17, 15) is 8.42 Å². The normalized spacial score (nSPS) is 18.4. The third-order valence-corrected chi connectivity index (χ3v) is 4.98. The van der Waals surface area contributed by atoms with Crippen LogP contribution in [0.15, 0.2) is 18.2 Å². The Kier molecular flexibility index (Phi) is 3.96. The van der Waals surface area contributed by atoms with Crippen LogP contribution in [0.25, 0.3) is 0 Å². The number of hydrogen-bond donors (Lipinski definition) is 3. The Balaban J connectivity index is 1.58. The van der Waals surface area contributed by atoms with E-state index >= 15 is 0 Å². The third-order valence-electron chi connectivity index (χ3n) is 3.75. The first-order chi connectivity index (χ1) is 9.64. The Morgan fingerprint density at radius 1 is 1.30 bits per heavy atom. The third kappa shape index (κ3) is 3.50. The number of aryl methyl sites for hydroxylation is 1. The van der Waals surface area contributed by atoms with Crippen LogP contribution in [0, 0.1) is 0 Å². The molecule has 0 atom stereocenters. The molecule has 5 nitrogen and oxygen atoms in total. The molecule has 20 heavy (non-hydrogen) atoms. The van der Waals surface area contributed by atoms with Crippen molar-refractivity contribution in [2.75, 3.05) is 18.4 Å². The van der Waals surface area contributed by atoms with Gasteiger partial charge in [0.2, 0.25) is 0 Å². The van der Waals surface area contributed by atoms with Crippen molar-refractivity contribution in [3.63, 3.8) is 0 Å². The van der Waals surface area contributed by atoms with E-state index in [1.54, 1.807) is 0 Å². The molecule has 1 aromatic rings. The SMILES string of the molecule is O=S(=O)(NCCc1cccc2c1NCCC2)NC1CC1. The summed E-state index contributed by atoms with van der Waals surface area (Å²) in [5.41, 5.74) is 3.73. The van der Waals surface area contributed by atoms with Crippen LogP contribution in [0.4, 0.5) is 5.69 Å². The molecule has 0 unspecified atom stereocenters. The Morgan fingerprint density at radius 3 is 2.95 bits per heavy atom. The first-order valence-corrected chi connectivity index (χ1v) is 8.74. The minimum absolute atomic E-state index is 0.152. The van der Waals surface area contributed by atoms with Crippen molar-refractivity contribution >= 4 is 15.9 Å². The van der Waals surface area contributed by atoms with Crippen molar-refractivity contribution in [1.82, 2.24) is 9.44 Å². The van der Waals surface area contributed by atoms with Gasteiger partial charge in [-0.2, -0.15) is 13.1 Å². The molecule has 1 fully saturated rings. The summed E-state index contributed by atoms with van der Waals surface area (Å²) < 4.78 is 28.7. The molecular weight excluding hydrogens is 274 g/mol. The summed E-state index contributed by atoms with van der Waals surface area (Å²) in [6, 6.07) is 6.42. The Morgan fingerprint density at radius 2 is 2.15 bits per heavy atom. The van der Waals surface area contributed by atoms with E-state index in [0.717, 1.165) is 32.2 Å². The lowest BCUT2D eigenvalue weighted by Crippen LogP contribution is -2.38. The first-order valence-electron chi connectivity index (χ1n) is 7.25. The van der Waals surface area contributed by atoms with Gasteiger partial charge in [0, 0.05) is 24.8 Å². The van der Waals surface area contributed by atoms with E-state index in [2.05, 4.69) is 33.0 Å². The molecule has 1 heterocycles. The molecule has 110 valence electrons. The fraction of sp³-hybridized carbons (Fsp3) is 0.571. The maximum atomic E-state index is 11.7. The Labute approximate surface area is 120 Å². The second-order valence-electron chi connectivity index (χ2n) is 5.52. The smallest absolute Gasteiger partial charge is 0.277 e. The predicted octanol–water partition coefficient (Wildman–Crippen LogP) is 1.17. The summed E-state index contributed by atoms with van der Waals surface area (Å²) in [6.45, 7) is 1.43. The standard InChI is InChI=1S/C14H21N3O2S/c18-20(19,17-13-6-7-13)16-10-8-12-4-1-3-11-5-2-9-15-14(11)12/h1,3-4,13,15-17H,2,5-10H2. The topological polar surface area (TPSA) is 70.2 Å². The van der Waals surface area contributed by atoms with Crippen LogP contribution in [0.5, 0.6) is 0 Å². The highest BCUT2D eigenvalue weighted by Crippen LogP contribution is 2.26. The number of para-hydroxylation sites is 1. The van der Waals surface area contributed by atoms with Gasteiger partial charge in [-0.3, -0.25) is 0 Å². The van der Waals surface area contributed by atoms with Crippen molar-refractivity contribution in [2.45, 2.75) is 38.1 Å². The molecule has 3 N–H and O–H groups in total. The highest BCUT2D eigenvalue weighted by atomic mass is 32.2. The lowest BCUT2D eigenvalue weighted by Gasteiger charge is -2.21. The van der Waals surface area contributed by atoms with Gasteiger partial charge in [-0.1, -0.05) is 18.2 Å². The molecule has 2 aliphatic rings. The molecule has 0 aromatic heterocycles. The van der Waals surface area contributed by atoms with E-state index in [1.165, 1.54) is 16.8 Å².